The van der Waals surface area contributed by atoms with Gasteiger partial charge in [-0.3, -0.25) is 4.79 Å². The van der Waals surface area contributed by atoms with Gasteiger partial charge in [0.2, 0.25) is 10.0 Å². The molecule has 0 saturated carbocycles. The lowest BCUT2D eigenvalue weighted by atomic mass is 10.4. The van der Waals surface area contributed by atoms with Gasteiger partial charge in [-0.05, 0) is 13.8 Å². The molecule has 0 spiro atoms. The monoisotopic (exact) mass is 225 g/mol. The molecule has 0 aromatic heterocycles. The number of rotatable bonds is 5. The molecule has 2 N–H and O–H groups in total. The molecule has 0 rings (SSSR count). The molecule has 84 valence electrons. The first-order valence-corrected chi connectivity index (χ1v) is 5.56. The first kappa shape index (κ1) is 13.3. The summed E-state index contributed by atoms with van der Waals surface area (Å²) in [4.78, 5) is 10.5. The topological polar surface area (TPSA) is 94.9 Å². The summed E-state index contributed by atoms with van der Waals surface area (Å²) in [6, 6.07) is -0.623. The van der Waals surface area contributed by atoms with Gasteiger partial charge in [-0.25, -0.2) is 8.42 Å². The summed E-state index contributed by atoms with van der Waals surface area (Å²) in [7, 11) is -2.63. The van der Waals surface area contributed by atoms with Gasteiger partial charge in [0.25, 0.3) is 0 Å². The largest absolute Gasteiger partial charge is 0.480 e. The molecule has 2 atom stereocenters. The van der Waals surface area contributed by atoms with Gasteiger partial charge in [0.15, 0.2) is 5.25 Å². The average Bonchev–Trinajstić information content (AvgIpc) is 2.13. The lowest BCUT2D eigenvalue weighted by Gasteiger charge is -2.24. The molecule has 0 bridgehead atoms. The molecule has 0 aliphatic rings. The van der Waals surface area contributed by atoms with Crippen molar-refractivity contribution in [2.45, 2.75) is 25.1 Å². The van der Waals surface area contributed by atoms with Crippen LogP contribution in [0.1, 0.15) is 13.8 Å². The highest BCUT2D eigenvalue weighted by molar-refractivity contribution is 7.90. The smallest absolute Gasteiger partial charge is 0.323 e. The quantitative estimate of drug-likeness (QED) is 0.632. The van der Waals surface area contributed by atoms with E-state index in [9.17, 15) is 13.2 Å². The van der Waals surface area contributed by atoms with E-state index in [4.69, 9.17) is 10.2 Å². The zero-order valence-corrected chi connectivity index (χ0v) is 9.15. The lowest BCUT2D eigenvalue weighted by Crippen LogP contribution is -2.44. The number of nitrogens with zero attached hydrogens (tertiary/aromatic N) is 1. The van der Waals surface area contributed by atoms with Gasteiger partial charge in [0, 0.05) is 13.1 Å². The highest BCUT2D eigenvalue weighted by Crippen LogP contribution is 2.10. The third-order valence-electron chi connectivity index (χ3n) is 2.08. The van der Waals surface area contributed by atoms with E-state index in [1.165, 1.54) is 14.0 Å². The summed E-state index contributed by atoms with van der Waals surface area (Å²) in [6.45, 7) is 2.24. The number of aliphatic carboxylic acids is 1. The van der Waals surface area contributed by atoms with Gasteiger partial charge in [0.05, 0.1) is 6.61 Å². The molecular weight excluding hydrogens is 210 g/mol. The molecule has 0 aromatic rings. The van der Waals surface area contributed by atoms with Crippen LogP contribution in [-0.4, -0.2) is 53.9 Å². The SMILES string of the molecule is CC(CO)N(C)S(=O)(=O)C(C)C(=O)O. The maximum atomic E-state index is 11.5. The van der Waals surface area contributed by atoms with Crippen LogP contribution in [0.2, 0.25) is 0 Å². The van der Waals surface area contributed by atoms with E-state index in [1.807, 2.05) is 0 Å². The van der Waals surface area contributed by atoms with E-state index < -0.39 is 27.3 Å². The molecule has 0 heterocycles. The summed E-state index contributed by atoms with van der Waals surface area (Å²) in [6.07, 6.45) is 0. The molecule has 2 unspecified atom stereocenters. The minimum Gasteiger partial charge on any atom is -0.480 e. The zero-order valence-electron chi connectivity index (χ0n) is 8.34. The number of carboxylic acid groups (broad SMARTS) is 1. The molecule has 0 radical (unpaired) electrons. The van der Waals surface area contributed by atoms with Crippen molar-refractivity contribution in [1.29, 1.82) is 0 Å². The summed E-state index contributed by atoms with van der Waals surface area (Å²) >= 11 is 0. The van der Waals surface area contributed by atoms with Crippen LogP contribution in [0.15, 0.2) is 0 Å². The molecule has 14 heavy (non-hydrogen) atoms. The second-order valence-electron chi connectivity index (χ2n) is 3.07. The molecule has 0 saturated heterocycles. The maximum absolute atomic E-state index is 11.5. The number of carbonyl (C=O) groups is 1. The zero-order chi connectivity index (χ0) is 11.5. The standard InChI is InChI=1S/C7H15NO5S/c1-5(4-9)8(3)14(12,13)6(2)7(10)11/h5-6,9H,4H2,1-3H3,(H,10,11). The molecule has 0 aliphatic heterocycles. The normalized spacial score (nSPS) is 16.6. The fourth-order valence-electron chi connectivity index (χ4n) is 0.743. The summed E-state index contributed by atoms with van der Waals surface area (Å²) in [5, 5.41) is 15.8. The third kappa shape index (κ3) is 2.66. The molecular formula is C7H15NO5S. The average molecular weight is 225 g/mol. The fourth-order valence-corrected chi connectivity index (χ4v) is 2.06. The molecule has 0 amide bonds. The predicted molar refractivity (Wildman–Crippen MR) is 50.3 cm³/mol. The number of sulfonamides is 1. The number of hydrogen-bond acceptors (Lipinski definition) is 4. The van der Waals surface area contributed by atoms with Gasteiger partial charge >= 0.3 is 5.97 Å². The number of hydrogen-bond donors (Lipinski definition) is 2. The van der Waals surface area contributed by atoms with Crippen LogP contribution in [-0.2, 0) is 14.8 Å². The minimum atomic E-state index is -3.88. The van der Waals surface area contributed by atoms with E-state index in [0.717, 1.165) is 11.2 Å². The highest BCUT2D eigenvalue weighted by Gasteiger charge is 2.33. The minimum absolute atomic E-state index is 0.345. The molecule has 0 aromatic carbocycles. The lowest BCUT2D eigenvalue weighted by molar-refractivity contribution is -0.136. The number of likely N-dealkylation sites (N-methyl/N-ethyl adjacent to an activating group) is 1. The summed E-state index contributed by atoms with van der Waals surface area (Å²) in [5.74, 6) is -1.40. The fraction of sp³-hybridized carbons (Fsp3) is 0.857. The van der Waals surface area contributed by atoms with Gasteiger partial charge < -0.3 is 10.2 Å². The Bertz CT molecular complexity index is 299. The van der Waals surface area contributed by atoms with Crippen LogP contribution in [0.4, 0.5) is 0 Å². The van der Waals surface area contributed by atoms with Crippen LogP contribution in [0.5, 0.6) is 0 Å². The highest BCUT2D eigenvalue weighted by atomic mass is 32.2. The van der Waals surface area contributed by atoms with Crippen LogP contribution in [0.3, 0.4) is 0 Å². The van der Waals surface area contributed by atoms with E-state index >= 15 is 0 Å². The van der Waals surface area contributed by atoms with Crippen molar-refractivity contribution in [3.05, 3.63) is 0 Å². The Morgan fingerprint density at radius 1 is 1.43 bits per heavy atom. The Labute approximate surface area is 83.2 Å². The number of aliphatic hydroxyl groups excluding tert-OH is 1. The van der Waals surface area contributed by atoms with E-state index in [2.05, 4.69) is 0 Å². The Kier molecular flexibility index (Phi) is 4.50. The maximum Gasteiger partial charge on any atom is 0.323 e. The second kappa shape index (κ2) is 4.72. The van der Waals surface area contributed by atoms with Gasteiger partial charge in [-0.2, -0.15) is 4.31 Å². The summed E-state index contributed by atoms with van der Waals surface area (Å²) < 4.78 is 23.9. The Hall–Kier alpha value is -0.660. The molecule has 0 fully saturated rings. The van der Waals surface area contributed by atoms with E-state index in [0.29, 0.717) is 0 Å². The van der Waals surface area contributed by atoms with Crippen LogP contribution < -0.4 is 0 Å². The van der Waals surface area contributed by atoms with Crippen molar-refractivity contribution in [3.63, 3.8) is 0 Å². The third-order valence-corrected chi connectivity index (χ3v) is 4.34. The van der Waals surface area contributed by atoms with Crippen molar-refractivity contribution in [1.82, 2.24) is 4.31 Å². The van der Waals surface area contributed by atoms with Crippen molar-refractivity contribution < 1.29 is 23.4 Å². The van der Waals surface area contributed by atoms with E-state index in [-0.39, 0.29) is 6.61 Å². The van der Waals surface area contributed by atoms with Gasteiger partial charge in [-0.1, -0.05) is 0 Å². The van der Waals surface area contributed by atoms with Crippen molar-refractivity contribution >= 4 is 16.0 Å². The molecule has 6 nitrogen and oxygen atoms in total. The van der Waals surface area contributed by atoms with Gasteiger partial charge in [0.1, 0.15) is 0 Å². The number of aliphatic hydroxyl groups is 1. The van der Waals surface area contributed by atoms with Crippen LogP contribution in [0.25, 0.3) is 0 Å². The predicted octanol–water partition coefficient (Wildman–Crippen LogP) is -0.898. The first-order chi connectivity index (χ1) is 6.25. The Morgan fingerprint density at radius 2 is 1.86 bits per heavy atom. The molecule has 7 heteroatoms. The van der Waals surface area contributed by atoms with Crippen molar-refractivity contribution in [3.8, 4) is 0 Å². The van der Waals surface area contributed by atoms with Crippen LogP contribution in [0, 0.1) is 0 Å². The molecule has 0 aliphatic carbocycles. The summed E-state index contributed by atoms with van der Waals surface area (Å²) in [5.41, 5.74) is 0. The first-order valence-electron chi connectivity index (χ1n) is 4.05. The van der Waals surface area contributed by atoms with Crippen molar-refractivity contribution in [2.24, 2.45) is 0 Å². The van der Waals surface area contributed by atoms with Crippen molar-refractivity contribution in [2.75, 3.05) is 13.7 Å². The number of carboxylic acids is 1. The van der Waals surface area contributed by atoms with Gasteiger partial charge in [-0.15, -0.1) is 0 Å². The van der Waals surface area contributed by atoms with Crippen LogP contribution >= 0.6 is 0 Å². The van der Waals surface area contributed by atoms with E-state index in [1.54, 1.807) is 0 Å². The Morgan fingerprint density at radius 3 is 2.14 bits per heavy atom. The Balaban J connectivity index is 4.88. The second-order valence-corrected chi connectivity index (χ2v) is 5.39.